The minimum atomic E-state index is 0.234. The Morgan fingerprint density at radius 3 is 2.52 bits per heavy atom. The van der Waals surface area contributed by atoms with Gasteiger partial charge in [0.1, 0.15) is 5.75 Å². The predicted molar refractivity (Wildman–Crippen MR) is 95.0 cm³/mol. The van der Waals surface area contributed by atoms with Crippen molar-refractivity contribution >= 4 is 31.9 Å². The van der Waals surface area contributed by atoms with Crippen molar-refractivity contribution in [1.29, 1.82) is 0 Å². The van der Waals surface area contributed by atoms with Gasteiger partial charge in [0, 0.05) is 15.0 Å². The van der Waals surface area contributed by atoms with E-state index in [4.69, 9.17) is 4.74 Å². The molecule has 0 bridgehead atoms. The van der Waals surface area contributed by atoms with Gasteiger partial charge in [0.15, 0.2) is 0 Å². The predicted octanol–water partition coefficient (Wildman–Crippen LogP) is 5.11. The summed E-state index contributed by atoms with van der Waals surface area (Å²) in [6.07, 6.45) is 0.918. The fraction of sp³-hybridized carbons (Fsp3) is 0.294. The van der Waals surface area contributed by atoms with E-state index in [1.807, 2.05) is 18.2 Å². The van der Waals surface area contributed by atoms with E-state index < -0.39 is 0 Å². The Morgan fingerprint density at radius 1 is 1.10 bits per heavy atom. The fourth-order valence-corrected chi connectivity index (χ4v) is 3.31. The average molecular weight is 413 g/mol. The molecule has 21 heavy (non-hydrogen) atoms. The largest absolute Gasteiger partial charge is 0.497 e. The second kappa shape index (κ2) is 7.97. The lowest BCUT2D eigenvalue weighted by Crippen LogP contribution is -2.23. The molecule has 0 saturated heterocycles. The summed E-state index contributed by atoms with van der Waals surface area (Å²) >= 11 is 7.29. The van der Waals surface area contributed by atoms with Gasteiger partial charge in [0.25, 0.3) is 0 Å². The molecule has 2 aromatic rings. The van der Waals surface area contributed by atoms with Crippen molar-refractivity contribution in [2.45, 2.75) is 19.4 Å². The lowest BCUT2D eigenvalue weighted by atomic mass is 9.98. The number of methoxy groups -OCH3 is 1. The summed E-state index contributed by atoms with van der Waals surface area (Å²) in [5.74, 6) is 0.878. The highest BCUT2D eigenvalue weighted by Gasteiger charge is 2.16. The molecule has 0 aromatic heterocycles. The molecular weight excluding hydrogens is 394 g/mol. The van der Waals surface area contributed by atoms with Crippen LogP contribution in [0.3, 0.4) is 0 Å². The molecule has 0 amide bonds. The first-order valence-corrected chi connectivity index (χ1v) is 8.54. The van der Waals surface area contributed by atoms with E-state index in [1.165, 1.54) is 11.1 Å². The first kappa shape index (κ1) is 16.5. The Kier molecular flexibility index (Phi) is 6.27. The van der Waals surface area contributed by atoms with Crippen LogP contribution in [-0.2, 0) is 6.42 Å². The van der Waals surface area contributed by atoms with Gasteiger partial charge in [-0.1, -0.05) is 57.0 Å². The molecule has 0 aliphatic rings. The number of rotatable bonds is 6. The minimum Gasteiger partial charge on any atom is -0.497 e. The van der Waals surface area contributed by atoms with Gasteiger partial charge in [0.05, 0.1) is 7.11 Å². The van der Waals surface area contributed by atoms with E-state index in [2.05, 4.69) is 68.4 Å². The van der Waals surface area contributed by atoms with Crippen LogP contribution < -0.4 is 10.1 Å². The molecular formula is C17H19Br2NO. The molecule has 1 N–H and O–H groups in total. The zero-order valence-electron chi connectivity index (χ0n) is 12.2. The standard InChI is InChI=1S/C17H19Br2NO/c1-3-20-17(10-12-6-4-5-7-15(12)18)14-11-13(21-2)8-9-16(14)19/h4-9,11,17,20H,3,10H2,1-2H3. The molecule has 0 aliphatic carbocycles. The normalized spacial score (nSPS) is 12.2. The lowest BCUT2D eigenvalue weighted by Gasteiger charge is -2.21. The van der Waals surface area contributed by atoms with Gasteiger partial charge in [-0.3, -0.25) is 0 Å². The Hall–Kier alpha value is -0.840. The second-order valence-corrected chi connectivity index (χ2v) is 6.50. The summed E-state index contributed by atoms with van der Waals surface area (Å²) in [5.41, 5.74) is 2.50. The van der Waals surface area contributed by atoms with Crippen molar-refractivity contribution in [3.05, 3.63) is 62.5 Å². The van der Waals surface area contributed by atoms with E-state index in [1.54, 1.807) is 7.11 Å². The smallest absolute Gasteiger partial charge is 0.119 e. The molecule has 0 radical (unpaired) electrons. The summed E-state index contributed by atoms with van der Waals surface area (Å²) in [7, 11) is 1.70. The number of nitrogens with one attached hydrogen (secondary N) is 1. The molecule has 2 nitrogen and oxygen atoms in total. The van der Waals surface area contributed by atoms with E-state index in [9.17, 15) is 0 Å². The molecule has 112 valence electrons. The van der Waals surface area contributed by atoms with E-state index in [0.717, 1.165) is 27.7 Å². The number of hydrogen-bond acceptors (Lipinski definition) is 2. The zero-order chi connectivity index (χ0) is 15.2. The third-order valence-corrected chi connectivity index (χ3v) is 4.91. The second-order valence-electron chi connectivity index (χ2n) is 4.79. The first-order valence-electron chi connectivity index (χ1n) is 6.96. The number of hydrogen-bond donors (Lipinski definition) is 1. The maximum atomic E-state index is 5.35. The van der Waals surface area contributed by atoms with Gasteiger partial charge < -0.3 is 10.1 Å². The quantitative estimate of drug-likeness (QED) is 0.711. The highest BCUT2D eigenvalue weighted by atomic mass is 79.9. The number of ether oxygens (including phenoxy) is 1. The molecule has 2 rings (SSSR count). The Bertz CT molecular complexity index is 601. The summed E-state index contributed by atoms with van der Waals surface area (Å²) in [6.45, 7) is 3.04. The van der Waals surface area contributed by atoms with E-state index in [-0.39, 0.29) is 6.04 Å². The van der Waals surface area contributed by atoms with Crippen LogP contribution in [0, 0.1) is 0 Å². The number of benzene rings is 2. The lowest BCUT2D eigenvalue weighted by molar-refractivity contribution is 0.412. The monoisotopic (exact) mass is 411 g/mol. The zero-order valence-corrected chi connectivity index (χ0v) is 15.4. The summed E-state index contributed by atoms with van der Waals surface area (Å²) in [5, 5.41) is 3.56. The van der Waals surface area contributed by atoms with E-state index >= 15 is 0 Å². The van der Waals surface area contributed by atoms with Crippen LogP contribution in [0.4, 0.5) is 0 Å². The maximum absolute atomic E-state index is 5.35. The minimum absolute atomic E-state index is 0.234. The Labute approximate surface area is 143 Å². The third-order valence-electron chi connectivity index (χ3n) is 3.41. The van der Waals surface area contributed by atoms with Crippen LogP contribution in [0.2, 0.25) is 0 Å². The van der Waals surface area contributed by atoms with Gasteiger partial charge in [-0.15, -0.1) is 0 Å². The Morgan fingerprint density at radius 2 is 1.86 bits per heavy atom. The van der Waals surface area contributed by atoms with Gasteiger partial charge in [-0.25, -0.2) is 0 Å². The molecule has 1 unspecified atom stereocenters. The van der Waals surface area contributed by atoms with Crippen LogP contribution in [0.5, 0.6) is 5.75 Å². The topological polar surface area (TPSA) is 21.3 Å². The summed E-state index contributed by atoms with van der Waals surface area (Å²) in [4.78, 5) is 0. The molecule has 0 heterocycles. The molecule has 2 aromatic carbocycles. The highest BCUT2D eigenvalue weighted by molar-refractivity contribution is 9.10. The van der Waals surface area contributed by atoms with Crippen LogP contribution in [0.25, 0.3) is 0 Å². The van der Waals surface area contributed by atoms with Crippen LogP contribution in [-0.4, -0.2) is 13.7 Å². The van der Waals surface area contributed by atoms with Crippen molar-refractivity contribution in [2.24, 2.45) is 0 Å². The molecule has 0 aliphatic heterocycles. The first-order chi connectivity index (χ1) is 10.2. The van der Waals surface area contributed by atoms with Crippen molar-refractivity contribution in [3.63, 3.8) is 0 Å². The third kappa shape index (κ3) is 4.31. The highest BCUT2D eigenvalue weighted by Crippen LogP contribution is 2.31. The van der Waals surface area contributed by atoms with Crippen molar-refractivity contribution < 1.29 is 4.74 Å². The van der Waals surface area contributed by atoms with Crippen molar-refractivity contribution in [1.82, 2.24) is 5.32 Å². The molecule has 0 fully saturated rings. The average Bonchev–Trinajstić information content (AvgIpc) is 2.49. The number of halogens is 2. The number of likely N-dealkylation sites (N-methyl/N-ethyl adjacent to an activating group) is 1. The van der Waals surface area contributed by atoms with Crippen LogP contribution in [0.1, 0.15) is 24.1 Å². The van der Waals surface area contributed by atoms with Crippen molar-refractivity contribution in [2.75, 3.05) is 13.7 Å². The fourth-order valence-electron chi connectivity index (χ4n) is 2.34. The molecule has 1 atom stereocenters. The van der Waals surface area contributed by atoms with Gasteiger partial charge in [0.2, 0.25) is 0 Å². The van der Waals surface area contributed by atoms with Crippen LogP contribution >= 0.6 is 31.9 Å². The Balaban J connectivity index is 2.33. The maximum Gasteiger partial charge on any atom is 0.119 e. The SMILES string of the molecule is CCNC(Cc1ccccc1Br)c1cc(OC)ccc1Br. The van der Waals surface area contributed by atoms with Crippen molar-refractivity contribution in [3.8, 4) is 5.75 Å². The summed E-state index contributed by atoms with van der Waals surface area (Å²) in [6, 6.07) is 14.7. The van der Waals surface area contributed by atoms with Gasteiger partial charge in [-0.05, 0) is 48.4 Å². The van der Waals surface area contributed by atoms with Crippen LogP contribution in [0.15, 0.2) is 51.4 Å². The molecule has 0 spiro atoms. The molecule has 0 saturated carbocycles. The van der Waals surface area contributed by atoms with E-state index in [0.29, 0.717) is 0 Å². The molecule has 4 heteroatoms. The van der Waals surface area contributed by atoms with Gasteiger partial charge >= 0.3 is 0 Å². The summed E-state index contributed by atoms with van der Waals surface area (Å²) < 4.78 is 7.60. The van der Waals surface area contributed by atoms with Gasteiger partial charge in [-0.2, -0.15) is 0 Å².